The van der Waals surface area contributed by atoms with Crippen LogP contribution in [-0.4, -0.2) is 20.3 Å². The molecule has 0 unspecified atom stereocenters. The van der Waals surface area contributed by atoms with Crippen LogP contribution in [0.25, 0.3) is 0 Å². The number of imidazole rings is 1. The average molecular weight is 220 g/mol. The van der Waals surface area contributed by atoms with Crippen molar-refractivity contribution in [1.29, 1.82) is 0 Å². The molecule has 2 aromatic rings. The quantitative estimate of drug-likeness (QED) is 0.796. The van der Waals surface area contributed by atoms with Gasteiger partial charge in [0.1, 0.15) is 0 Å². The van der Waals surface area contributed by atoms with Gasteiger partial charge in [-0.15, -0.1) is 11.8 Å². The van der Waals surface area contributed by atoms with Gasteiger partial charge in [-0.3, -0.25) is 4.98 Å². The lowest BCUT2D eigenvalue weighted by atomic mass is 10.4. The van der Waals surface area contributed by atoms with E-state index >= 15 is 0 Å². The van der Waals surface area contributed by atoms with Crippen LogP contribution in [0.3, 0.4) is 0 Å². The largest absolute Gasteiger partial charge is 0.397 e. The fourth-order valence-electron chi connectivity index (χ4n) is 1.21. The zero-order valence-corrected chi connectivity index (χ0v) is 9.02. The molecule has 0 spiro atoms. The Kier molecular flexibility index (Phi) is 3.24. The summed E-state index contributed by atoms with van der Waals surface area (Å²) in [7, 11) is 0. The lowest BCUT2D eigenvalue weighted by molar-refractivity contribution is 0.770. The average Bonchev–Trinajstić information content (AvgIpc) is 2.74. The van der Waals surface area contributed by atoms with Gasteiger partial charge < -0.3 is 10.3 Å². The Morgan fingerprint density at radius 3 is 3.00 bits per heavy atom. The number of pyridine rings is 1. The molecule has 0 fully saturated rings. The minimum atomic E-state index is 0.744. The molecule has 0 aliphatic carbocycles. The van der Waals surface area contributed by atoms with Crippen molar-refractivity contribution in [3.05, 3.63) is 37.2 Å². The molecule has 2 aromatic heterocycles. The fraction of sp³-hybridized carbons (Fsp3) is 0.200. The predicted molar refractivity (Wildman–Crippen MR) is 61.6 cm³/mol. The van der Waals surface area contributed by atoms with Crippen LogP contribution >= 0.6 is 11.8 Å². The van der Waals surface area contributed by atoms with Crippen LogP contribution in [0.5, 0.6) is 0 Å². The van der Waals surface area contributed by atoms with Gasteiger partial charge in [0.15, 0.2) is 0 Å². The number of aromatic nitrogens is 3. The maximum atomic E-state index is 5.78. The maximum absolute atomic E-state index is 5.78. The highest BCUT2D eigenvalue weighted by Crippen LogP contribution is 2.23. The van der Waals surface area contributed by atoms with E-state index in [0.717, 1.165) is 22.9 Å². The van der Waals surface area contributed by atoms with Gasteiger partial charge in [0.25, 0.3) is 0 Å². The minimum Gasteiger partial charge on any atom is -0.397 e. The number of aryl methyl sites for hydroxylation is 1. The molecule has 0 saturated carbocycles. The summed E-state index contributed by atoms with van der Waals surface area (Å²) >= 11 is 1.73. The summed E-state index contributed by atoms with van der Waals surface area (Å²) in [6.45, 7) is 0.937. The highest BCUT2D eigenvalue weighted by Gasteiger charge is 1.98. The van der Waals surface area contributed by atoms with Crippen molar-refractivity contribution in [2.45, 2.75) is 11.4 Å². The van der Waals surface area contributed by atoms with Crippen molar-refractivity contribution < 1.29 is 0 Å². The minimum absolute atomic E-state index is 0.744. The Morgan fingerprint density at radius 2 is 2.27 bits per heavy atom. The Labute approximate surface area is 92.5 Å². The second kappa shape index (κ2) is 4.84. The SMILES string of the molecule is Nc1cnccc1SCCn1ccnc1. The summed E-state index contributed by atoms with van der Waals surface area (Å²) in [6.07, 6.45) is 8.99. The lowest BCUT2D eigenvalue weighted by Crippen LogP contribution is -1.97. The zero-order valence-electron chi connectivity index (χ0n) is 8.21. The molecule has 0 atom stereocenters. The summed E-state index contributed by atoms with van der Waals surface area (Å²) < 4.78 is 2.05. The molecule has 5 heteroatoms. The van der Waals surface area contributed by atoms with Crippen molar-refractivity contribution in [2.75, 3.05) is 11.5 Å². The molecule has 15 heavy (non-hydrogen) atoms. The van der Waals surface area contributed by atoms with Crippen LogP contribution in [0, 0.1) is 0 Å². The van der Waals surface area contributed by atoms with Gasteiger partial charge in [0.05, 0.1) is 18.2 Å². The van der Waals surface area contributed by atoms with Gasteiger partial charge in [-0.2, -0.15) is 0 Å². The van der Waals surface area contributed by atoms with Crippen LogP contribution in [0.1, 0.15) is 0 Å². The van der Waals surface area contributed by atoms with Crippen molar-refractivity contribution in [3.63, 3.8) is 0 Å². The van der Waals surface area contributed by atoms with Gasteiger partial charge in [-0.1, -0.05) is 0 Å². The van der Waals surface area contributed by atoms with E-state index in [2.05, 4.69) is 9.97 Å². The number of nitrogen functional groups attached to an aromatic ring is 1. The summed E-state index contributed by atoms with van der Waals surface area (Å²) in [5.41, 5.74) is 6.52. The Bertz CT molecular complexity index is 413. The molecule has 0 amide bonds. The molecule has 0 aliphatic heterocycles. The number of nitrogens with zero attached hydrogens (tertiary/aromatic N) is 3. The second-order valence-corrected chi connectivity index (χ2v) is 4.20. The van der Waals surface area contributed by atoms with E-state index < -0.39 is 0 Å². The molecular weight excluding hydrogens is 208 g/mol. The van der Waals surface area contributed by atoms with Crippen LogP contribution in [0.4, 0.5) is 5.69 Å². The van der Waals surface area contributed by atoms with Crippen molar-refractivity contribution in [2.24, 2.45) is 0 Å². The number of hydrogen-bond acceptors (Lipinski definition) is 4. The molecule has 2 rings (SSSR count). The molecule has 2 N–H and O–H groups in total. The van der Waals surface area contributed by atoms with Gasteiger partial charge >= 0.3 is 0 Å². The summed E-state index contributed by atoms with van der Waals surface area (Å²) in [5.74, 6) is 0.977. The third-order valence-corrected chi connectivity index (χ3v) is 3.05. The molecule has 0 radical (unpaired) electrons. The van der Waals surface area contributed by atoms with Gasteiger partial charge in [0, 0.05) is 35.8 Å². The maximum Gasteiger partial charge on any atom is 0.0946 e. The van der Waals surface area contributed by atoms with Crippen molar-refractivity contribution in [1.82, 2.24) is 14.5 Å². The molecule has 0 bridgehead atoms. The monoisotopic (exact) mass is 220 g/mol. The topological polar surface area (TPSA) is 56.7 Å². The first-order chi connectivity index (χ1) is 7.36. The van der Waals surface area contributed by atoms with E-state index in [1.807, 2.05) is 23.2 Å². The van der Waals surface area contributed by atoms with E-state index in [1.165, 1.54) is 0 Å². The predicted octanol–water partition coefficient (Wildman–Crippen LogP) is 1.65. The van der Waals surface area contributed by atoms with E-state index in [9.17, 15) is 0 Å². The number of anilines is 1. The normalized spacial score (nSPS) is 10.4. The fourth-order valence-corrected chi connectivity index (χ4v) is 2.10. The third-order valence-electron chi connectivity index (χ3n) is 1.98. The Hall–Kier alpha value is -1.49. The van der Waals surface area contributed by atoms with Crippen LogP contribution in [0.2, 0.25) is 0 Å². The van der Waals surface area contributed by atoms with Crippen molar-refractivity contribution >= 4 is 17.4 Å². The van der Waals surface area contributed by atoms with E-state index in [-0.39, 0.29) is 0 Å². The zero-order chi connectivity index (χ0) is 10.5. The number of rotatable bonds is 4. The molecular formula is C10H12N4S. The van der Waals surface area contributed by atoms with Gasteiger partial charge in [-0.05, 0) is 6.07 Å². The summed E-state index contributed by atoms with van der Waals surface area (Å²) in [6, 6.07) is 1.94. The van der Waals surface area contributed by atoms with Crippen molar-refractivity contribution in [3.8, 4) is 0 Å². The summed E-state index contributed by atoms with van der Waals surface area (Å²) in [4.78, 5) is 9.02. The first kappa shape index (κ1) is 10.0. The Balaban J connectivity index is 1.86. The number of nitrogens with two attached hydrogens (primary N) is 1. The molecule has 0 saturated heterocycles. The molecule has 0 aliphatic rings. The standard InChI is InChI=1S/C10H12N4S/c11-9-7-12-2-1-10(9)15-6-5-14-4-3-13-8-14/h1-4,7-8H,5-6,11H2. The smallest absolute Gasteiger partial charge is 0.0946 e. The van der Waals surface area contributed by atoms with Crippen LogP contribution < -0.4 is 5.73 Å². The first-order valence-corrected chi connectivity index (χ1v) is 5.63. The van der Waals surface area contributed by atoms with Crippen LogP contribution in [0.15, 0.2) is 42.1 Å². The van der Waals surface area contributed by atoms with E-state index in [1.54, 1.807) is 30.4 Å². The van der Waals surface area contributed by atoms with Gasteiger partial charge in [0.2, 0.25) is 0 Å². The number of hydrogen-bond donors (Lipinski definition) is 1. The molecule has 0 aromatic carbocycles. The highest BCUT2D eigenvalue weighted by atomic mass is 32.2. The highest BCUT2D eigenvalue weighted by molar-refractivity contribution is 7.99. The van der Waals surface area contributed by atoms with E-state index in [0.29, 0.717) is 0 Å². The van der Waals surface area contributed by atoms with Gasteiger partial charge in [-0.25, -0.2) is 4.98 Å². The first-order valence-electron chi connectivity index (χ1n) is 4.64. The molecule has 78 valence electrons. The molecule has 2 heterocycles. The lowest BCUT2D eigenvalue weighted by Gasteiger charge is -2.04. The molecule has 4 nitrogen and oxygen atoms in total. The van der Waals surface area contributed by atoms with E-state index in [4.69, 9.17) is 5.73 Å². The summed E-state index contributed by atoms with van der Waals surface area (Å²) in [5, 5.41) is 0. The third kappa shape index (κ3) is 2.73. The second-order valence-electron chi connectivity index (χ2n) is 3.06. The number of thioether (sulfide) groups is 1. The van der Waals surface area contributed by atoms with Crippen LogP contribution in [-0.2, 0) is 6.54 Å². The Morgan fingerprint density at radius 1 is 1.33 bits per heavy atom.